The standard InChI is InChI=1S/C45H27N5/c46-26-29-18-20-42-38(22-29)39-23-30(27-47)19-21-43(39)50(42)44-17-7-11-34(28-48)45(44)33-10-5-8-31(24-33)32-9-6-12-35(25-32)49-40-15-3-1-13-36(40)37-14-2-4-16-41(37)49/h1-25,38,42H. The summed E-state index contributed by atoms with van der Waals surface area (Å²) in [5.74, 6) is -0.105. The van der Waals surface area contributed by atoms with Crippen LogP contribution in [-0.4, -0.2) is 10.6 Å². The number of nitriles is 3. The topological polar surface area (TPSA) is 79.5 Å². The summed E-state index contributed by atoms with van der Waals surface area (Å²) in [6.45, 7) is 0. The lowest BCUT2D eigenvalue weighted by Gasteiger charge is -2.31. The van der Waals surface area contributed by atoms with Crippen LogP contribution >= 0.6 is 0 Å². The Labute approximate surface area is 289 Å². The van der Waals surface area contributed by atoms with Crippen molar-refractivity contribution in [1.29, 1.82) is 15.8 Å². The van der Waals surface area contributed by atoms with E-state index in [2.05, 4.69) is 137 Å². The summed E-state index contributed by atoms with van der Waals surface area (Å²) in [5, 5.41) is 32.3. The molecule has 9 rings (SSSR count). The molecule has 1 aliphatic carbocycles. The van der Waals surface area contributed by atoms with Crippen molar-refractivity contribution < 1.29 is 0 Å². The van der Waals surface area contributed by atoms with E-state index < -0.39 is 0 Å². The van der Waals surface area contributed by atoms with Crippen LogP contribution in [0.4, 0.5) is 11.4 Å². The third kappa shape index (κ3) is 4.45. The molecule has 7 aromatic rings. The lowest BCUT2D eigenvalue weighted by molar-refractivity contribution is 0.741. The molecule has 2 aliphatic rings. The maximum atomic E-state index is 10.4. The van der Waals surface area contributed by atoms with Gasteiger partial charge in [0.05, 0.1) is 52.1 Å². The minimum Gasteiger partial charge on any atom is -0.333 e. The SMILES string of the molecule is N#CC1=CC2c3cc(C#N)ccc3N(c3cccc(C#N)c3-c3cccc(-c4cccc(-n5c6ccccc6c6ccccc65)c4)c3)C2C=C1. The fourth-order valence-corrected chi connectivity index (χ4v) is 7.84. The third-order valence-electron chi connectivity index (χ3n) is 9.99. The molecule has 0 amide bonds. The molecule has 232 valence electrons. The van der Waals surface area contributed by atoms with Gasteiger partial charge in [0.15, 0.2) is 0 Å². The number of allylic oxidation sites excluding steroid dienone is 2. The molecule has 0 bridgehead atoms. The lowest BCUT2D eigenvalue weighted by Crippen LogP contribution is -2.29. The van der Waals surface area contributed by atoms with Crippen LogP contribution < -0.4 is 4.90 Å². The normalized spacial score (nSPS) is 15.9. The molecule has 2 atom stereocenters. The highest BCUT2D eigenvalue weighted by Crippen LogP contribution is 2.51. The van der Waals surface area contributed by atoms with Gasteiger partial charge in [-0.05, 0) is 89.0 Å². The van der Waals surface area contributed by atoms with E-state index in [0.29, 0.717) is 16.7 Å². The van der Waals surface area contributed by atoms with Crippen molar-refractivity contribution in [1.82, 2.24) is 4.57 Å². The molecule has 1 aromatic heterocycles. The Balaban J connectivity index is 1.19. The molecule has 0 saturated heterocycles. The van der Waals surface area contributed by atoms with Crippen molar-refractivity contribution >= 4 is 33.2 Å². The summed E-state index contributed by atoms with van der Waals surface area (Å²) in [6.07, 6.45) is 5.92. The van der Waals surface area contributed by atoms with Gasteiger partial charge in [0.25, 0.3) is 0 Å². The number of hydrogen-bond donors (Lipinski definition) is 0. The number of hydrogen-bond acceptors (Lipinski definition) is 4. The first-order chi connectivity index (χ1) is 24.7. The number of benzene rings is 6. The van der Waals surface area contributed by atoms with Gasteiger partial charge >= 0.3 is 0 Å². The van der Waals surface area contributed by atoms with Gasteiger partial charge in [0.1, 0.15) is 0 Å². The van der Waals surface area contributed by atoms with Crippen LogP contribution in [0.25, 0.3) is 49.7 Å². The van der Waals surface area contributed by atoms with Crippen LogP contribution in [0.3, 0.4) is 0 Å². The van der Waals surface area contributed by atoms with Crippen molar-refractivity contribution in [2.24, 2.45) is 0 Å². The van der Waals surface area contributed by atoms with Crippen molar-refractivity contribution in [3.05, 3.63) is 174 Å². The fraction of sp³-hybridized carbons (Fsp3) is 0.0444. The molecular weight excluding hydrogens is 611 g/mol. The molecule has 2 heterocycles. The van der Waals surface area contributed by atoms with E-state index >= 15 is 0 Å². The van der Waals surface area contributed by atoms with Crippen LogP contribution in [-0.2, 0) is 0 Å². The number of aromatic nitrogens is 1. The van der Waals surface area contributed by atoms with Gasteiger partial charge in [-0.15, -0.1) is 0 Å². The van der Waals surface area contributed by atoms with Gasteiger partial charge in [-0.3, -0.25) is 0 Å². The average molecular weight is 638 g/mol. The predicted octanol–water partition coefficient (Wildman–Crippen LogP) is 10.5. The summed E-state index contributed by atoms with van der Waals surface area (Å²) in [5.41, 5.74) is 11.9. The summed E-state index contributed by atoms with van der Waals surface area (Å²) in [4.78, 5) is 2.26. The van der Waals surface area contributed by atoms with Crippen LogP contribution in [0.15, 0.2) is 157 Å². The quantitative estimate of drug-likeness (QED) is 0.192. The van der Waals surface area contributed by atoms with E-state index in [0.717, 1.165) is 55.9 Å². The monoisotopic (exact) mass is 637 g/mol. The van der Waals surface area contributed by atoms with E-state index in [9.17, 15) is 15.8 Å². The number of fused-ring (bicyclic) bond motifs is 6. The zero-order chi connectivity index (χ0) is 33.8. The molecule has 50 heavy (non-hydrogen) atoms. The Kier molecular flexibility index (Phi) is 6.70. The summed E-state index contributed by atoms with van der Waals surface area (Å²) >= 11 is 0. The molecule has 0 spiro atoms. The fourth-order valence-electron chi connectivity index (χ4n) is 7.84. The van der Waals surface area contributed by atoms with Gasteiger partial charge in [0, 0.05) is 39.2 Å². The molecule has 0 N–H and O–H groups in total. The first-order valence-electron chi connectivity index (χ1n) is 16.5. The van der Waals surface area contributed by atoms with Gasteiger partial charge in [-0.25, -0.2) is 0 Å². The summed E-state index contributed by atoms with van der Waals surface area (Å²) < 4.78 is 2.32. The second-order valence-corrected chi connectivity index (χ2v) is 12.7. The smallest absolute Gasteiger partial charge is 0.0998 e. The van der Waals surface area contributed by atoms with Crippen molar-refractivity contribution in [3.8, 4) is 46.1 Å². The minimum absolute atomic E-state index is 0.105. The maximum absolute atomic E-state index is 10.4. The Morgan fingerprint density at radius 1 is 0.560 bits per heavy atom. The molecule has 0 fully saturated rings. The molecule has 1 aliphatic heterocycles. The average Bonchev–Trinajstić information content (AvgIpc) is 3.69. The van der Waals surface area contributed by atoms with Crippen LogP contribution in [0.5, 0.6) is 0 Å². The van der Waals surface area contributed by atoms with E-state index in [1.165, 1.54) is 10.8 Å². The van der Waals surface area contributed by atoms with E-state index in [1.54, 1.807) is 0 Å². The molecule has 2 unspecified atom stereocenters. The lowest BCUT2D eigenvalue weighted by atomic mass is 9.88. The highest BCUT2D eigenvalue weighted by molar-refractivity contribution is 6.09. The van der Waals surface area contributed by atoms with E-state index in [-0.39, 0.29) is 12.0 Å². The van der Waals surface area contributed by atoms with Crippen molar-refractivity contribution in [2.45, 2.75) is 12.0 Å². The Hall–Kier alpha value is -7.13. The Morgan fingerprint density at radius 3 is 2.00 bits per heavy atom. The molecule has 5 nitrogen and oxygen atoms in total. The van der Waals surface area contributed by atoms with Gasteiger partial charge in [-0.1, -0.05) is 84.9 Å². The highest BCUT2D eigenvalue weighted by atomic mass is 15.2. The van der Waals surface area contributed by atoms with Crippen LogP contribution in [0, 0.1) is 34.0 Å². The van der Waals surface area contributed by atoms with Crippen LogP contribution in [0.1, 0.15) is 22.6 Å². The summed E-state index contributed by atoms with van der Waals surface area (Å²) in [7, 11) is 0. The highest BCUT2D eigenvalue weighted by Gasteiger charge is 2.39. The number of rotatable bonds is 4. The largest absolute Gasteiger partial charge is 0.333 e. The molecular formula is C45H27N5. The number of para-hydroxylation sites is 2. The molecule has 5 heteroatoms. The van der Waals surface area contributed by atoms with Crippen molar-refractivity contribution in [3.63, 3.8) is 0 Å². The Morgan fingerprint density at radius 2 is 1.26 bits per heavy atom. The maximum Gasteiger partial charge on any atom is 0.0998 e. The number of nitrogens with zero attached hydrogens (tertiary/aromatic N) is 5. The predicted molar refractivity (Wildman–Crippen MR) is 199 cm³/mol. The molecule has 0 saturated carbocycles. The van der Waals surface area contributed by atoms with Gasteiger partial charge in [0.2, 0.25) is 0 Å². The van der Waals surface area contributed by atoms with Gasteiger partial charge < -0.3 is 9.47 Å². The second kappa shape index (κ2) is 11.5. The number of anilines is 2. The zero-order valence-electron chi connectivity index (χ0n) is 26.8. The first kappa shape index (κ1) is 29.0. The molecule has 0 radical (unpaired) electrons. The third-order valence-corrected chi connectivity index (χ3v) is 9.99. The van der Waals surface area contributed by atoms with E-state index in [1.807, 2.05) is 42.5 Å². The summed E-state index contributed by atoms with van der Waals surface area (Å²) in [6, 6.07) is 52.6. The second-order valence-electron chi connectivity index (χ2n) is 12.7. The minimum atomic E-state index is -0.116. The van der Waals surface area contributed by atoms with E-state index in [4.69, 9.17) is 0 Å². The molecule has 6 aromatic carbocycles. The van der Waals surface area contributed by atoms with Crippen LogP contribution in [0.2, 0.25) is 0 Å². The zero-order valence-corrected chi connectivity index (χ0v) is 26.8. The van der Waals surface area contributed by atoms with Gasteiger partial charge in [-0.2, -0.15) is 15.8 Å². The first-order valence-corrected chi connectivity index (χ1v) is 16.5. The van der Waals surface area contributed by atoms with Crippen molar-refractivity contribution in [2.75, 3.05) is 4.90 Å². The Bertz CT molecular complexity index is 2670.